The van der Waals surface area contributed by atoms with Crippen LogP contribution in [0.1, 0.15) is 45.5 Å². The van der Waals surface area contributed by atoms with Gasteiger partial charge in [-0.05, 0) is 53.9 Å². The molecule has 214 valence electrons. The Balaban J connectivity index is 1.42. The highest BCUT2D eigenvalue weighted by atomic mass is 35.5. The molecule has 5 aromatic rings. The van der Waals surface area contributed by atoms with Crippen LogP contribution in [0.3, 0.4) is 0 Å². The third-order valence-electron chi connectivity index (χ3n) is 6.73. The van der Waals surface area contributed by atoms with E-state index in [0.29, 0.717) is 44.4 Å². The molecule has 0 amide bonds. The Morgan fingerprint density at radius 2 is 1.57 bits per heavy atom. The molecular formula is C32H26Cl2N2O6. The second-order valence-corrected chi connectivity index (χ2v) is 10.2. The van der Waals surface area contributed by atoms with Crippen LogP contribution in [0, 0.1) is 0 Å². The van der Waals surface area contributed by atoms with E-state index in [-0.39, 0.29) is 17.9 Å². The van der Waals surface area contributed by atoms with E-state index >= 15 is 0 Å². The van der Waals surface area contributed by atoms with Gasteiger partial charge in [0.1, 0.15) is 29.5 Å². The number of rotatable bonds is 9. The molecule has 0 saturated heterocycles. The summed E-state index contributed by atoms with van der Waals surface area (Å²) in [5.74, 6) is 0.139. The van der Waals surface area contributed by atoms with Gasteiger partial charge in [-0.15, -0.1) is 0 Å². The Hall–Kier alpha value is -4.40. The van der Waals surface area contributed by atoms with Gasteiger partial charge in [-0.3, -0.25) is 0 Å². The molecule has 0 spiro atoms. The maximum atomic E-state index is 12.4. The van der Waals surface area contributed by atoms with Gasteiger partial charge < -0.3 is 18.7 Å². The van der Waals surface area contributed by atoms with Crippen molar-refractivity contribution in [2.75, 3.05) is 14.2 Å². The highest BCUT2D eigenvalue weighted by Crippen LogP contribution is 2.38. The summed E-state index contributed by atoms with van der Waals surface area (Å²) in [4.78, 5) is 29.0. The van der Waals surface area contributed by atoms with Crippen molar-refractivity contribution in [1.29, 1.82) is 0 Å². The Labute approximate surface area is 252 Å². The van der Waals surface area contributed by atoms with Crippen LogP contribution in [0.4, 0.5) is 0 Å². The Kier molecular flexibility index (Phi) is 8.75. The fraction of sp³-hybridized carbons (Fsp3) is 0.188. The monoisotopic (exact) mass is 604 g/mol. The van der Waals surface area contributed by atoms with Gasteiger partial charge in [0.2, 0.25) is 0 Å². The SMILES string of the molecule is CCCc1onc(-c2c(Cl)cccc2Cl)c1COc1ccc(-c2ccc3c(C(=O)OC)cc(C(=O)OC)nc3c2)cc1. The minimum atomic E-state index is -0.649. The lowest BCUT2D eigenvalue weighted by molar-refractivity contribution is 0.0594. The van der Waals surface area contributed by atoms with Crippen LogP contribution in [-0.4, -0.2) is 36.3 Å². The molecule has 0 aliphatic heterocycles. The van der Waals surface area contributed by atoms with Crippen molar-refractivity contribution in [1.82, 2.24) is 10.1 Å². The molecule has 2 aromatic heterocycles. The van der Waals surface area contributed by atoms with Crippen molar-refractivity contribution in [2.24, 2.45) is 0 Å². The molecule has 8 nitrogen and oxygen atoms in total. The van der Waals surface area contributed by atoms with E-state index in [9.17, 15) is 9.59 Å². The number of methoxy groups -OCH3 is 2. The number of carbonyl (C=O) groups is 2. The van der Waals surface area contributed by atoms with Crippen molar-refractivity contribution in [3.05, 3.63) is 99.4 Å². The van der Waals surface area contributed by atoms with Crippen LogP contribution < -0.4 is 4.74 Å². The minimum Gasteiger partial charge on any atom is -0.489 e. The Bertz CT molecular complexity index is 1760. The van der Waals surface area contributed by atoms with Crippen molar-refractivity contribution < 1.29 is 28.3 Å². The number of aryl methyl sites for hydroxylation is 1. The maximum absolute atomic E-state index is 12.4. The largest absolute Gasteiger partial charge is 0.489 e. The fourth-order valence-electron chi connectivity index (χ4n) is 4.63. The molecule has 0 bridgehead atoms. The van der Waals surface area contributed by atoms with Gasteiger partial charge in [0.05, 0.1) is 40.9 Å². The van der Waals surface area contributed by atoms with E-state index in [1.807, 2.05) is 30.3 Å². The molecule has 5 rings (SSSR count). The number of hydrogen-bond donors (Lipinski definition) is 0. The van der Waals surface area contributed by atoms with Crippen LogP contribution in [0.2, 0.25) is 10.0 Å². The van der Waals surface area contributed by atoms with Crippen LogP contribution in [0.5, 0.6) is 5.75 Å². The maximum Gasteiger partial charge on any atom is 0.356 e. The van der Waals surface area contributed by atoms with E-state index in [4.69, 9.17) is 41.9 Å². The van der Waals surface area contributed by atoms with E-state index in [0.717, 1.165) is 28.9 Å². The number of aromatic nitrogens is 2. The zero-order valence-corrected chi connectivity index (χ0v) is 24.6. The predicted octanol–water partition coefficient (Wildman–Crippen LogP) is 7.97. The Morgan fingerprint density at radius 1 is 0.881 bits per heavy atom. The van der Waals surface area contributed by atoms with Crippen molar-refractivity contribution in [2.45, 2.75) is 26.4 Å². The highest BCUT2D eigenvalue weighted by molar-refractivity contribution is 6.39. The topological polar surface area (TPSA) is 101 Å². The van der Waals surface area contributed by atoms with Crippen LogP contribution in [0.25, 0.3) is 33.3 Å². The normalized spacial score (nSPS) is 11.0. The molecule has 0 N–H and O–H groups in total. The number of ether oxygens (including phenoxy) is 3. The number of hydrogen-bond acceptors (Lipinski definition) is 8. The number of esters is 2. The second-order valence-electron chi connectivity index (χ2n) is 9.36. The summed E-state index contributed by atoms with van der Waals surface area (Å²) in [6, 6.07) is 19.7. The average Bonchev–Trinajstić information content (AvgIpc) is 3.40. The fourth-order valence-corrected chi connectivity index (χ4v) is 5.21. The molecule has 0 aliphatic rings. The number of pyridine rings is 1. The molecular weight excluding hydrogens is 579 g/mol. The first-order valence-electron chi connectivity index (χ1n) is 13.1. The number of nitrogens with zero attached hydrogens (tertiary/aromatic N) is 2. The van der Waals surface area contributed by atoms with Crippen LogP contribution in [0.15, 0.2) is 71.3 Å². The van der Waals surface area contributed by atoms with Gasteiger partial charge in [0, 0.05) is 17.4 Å². The van der Waals surface area contributed by atoms with Gasteiger partial charge in [-0.2, -0.15) is 0 Å². The van der Waals surface area contributed by atoms with E-state index in [1.54, 1.807) is 30.3 Å². The summed E-state index contributed by atoms with van der Waals surface area (Å²) in [6.07, 6.45) is 1.56. The summed E-state index contributed by atoms with van der Waals surface area (Å²) in [7, 11) is 2.54. The smallest absolute Gasteiger partial charge is 0.356 e. The van der Waals surface area contributed by atoms with Gasteiger partial charge in [0.15, 0.2) is 0 Å². The predicted molar refractivity (Wildman–Crippen MR) is 160 cm³/mol. The zero-order chi connectivity index (χ0) is 29.8. The summed E-state index contributed by atoms with van der Waals surface area (Å²) in [5.41, 5.74) is 4.38. The highest BCUT2D eigenvalue weighted by Gasteiger charge is 2.22. The summed E-state index contributed by atoms with van der Waals surface area (Å²) >= 11 is 12.9. The molecule has 0 saturated carbocycles. The number of fused-ring (bicyclic) bond motifs is 1. The zero-order valence-electron chi connectivity index (χ0n) is 23.1. The van der Waals surface area contributed by atoms with Crippen molar-refractivity contribution in [3.8, 4) is 28.1 Å². The molecule has 3 aromatic carbocycles. The minimum absolute atomic E-state index is 0.0138. The molecule has 42 heavy (non-hydrogen) atoms. The van der Waals surface area contributed by atoms with E-state index in [2.05, 4.69) is 17.1 Å². The molecule has 0 unspecified atom stereocenters. The standard InChI is InChI=1S/C32H26Cl2N2O6/c1-4-6-28-23(30(36-42-28)29-24(33)7-5-8-25(29)34)17-41-20-12-9-18(10-13-20)19-11-14-21-22(31(37)39-2)16-27(32(38)40-3)35-26(21)15-19/h5,7-16H,4,6,17H2,1-3H3. The number of halogens is 2. The number of benzene rings is 3. The first-order chi connectivity index (χ1) is 20.3. The summed E-state index contributed by atoms with van der Waals surface area (Å²) in [6.45, 7) is 2.27. The van der Waals surface area contributed by atoms with Crippen LogP contribution >= 0.6 is 23.2 Å². The van der Waals surface area contributed by atoms with Crippen molar-refractivity contribution in [3.63, 3.8) is 0 Å². The Morgan fingerprint density at radius 3 is 2.24 bits per heavy atom. The van der Waals surface area contributed by atoms with Gasteiger partial charge >= 0.3 is 11.9 Å². The van der Waals surface area contributed by atoms with Crippen LogP contribution in [-0.2, 0) is 22.5 Å². The summed E-state index contributed by atoms with van der Waals surface area (Å²) < 4.78 is 21.5. The average molecular weight is 605 g/mol. The molecule has 2 heterocycles. The molecule has 0 aliphatic carbocycles. The molecule has 0 atom stereocenters. The second kappa shape index (κ2) is 12.6. The van der Waals surface area contributed by atoms with Gasteiger partial charge in [-0.25, -0.2) is 14.6 Å². The lowest BCUT2D eigenvalue weighted by atomic mass is 10.0. The quantitative estimate of drug-likeness (QED) is 0.156. The first kappa shape index (κ1) is 29.1. The van der Waals surface area contributed by atoms with Gasteiger partial charge in [0.25, 0.3) is 0 Å². The summed E-state index contributed by atoms with van der Waals surface area (Å²) in [5, 5.41) is 5.79. The lowest BCUT2D eigenvalue weighted by Crippen LogP contribution is -2.09. The van der Waals surface area contributed by atoms with E-state index < -0.39 is 11.9 Å². The first-order valence-corrected chi connectivity index (χ1v) is 13.9. The lowest BCUT2D eigenvalue weighted by Gasteiger charge is -2.11. The number of carbonyl (C=O) groups excluding carboxylic acids is 2. The molecule has 0 fully saturated rings. The van der Waals surface area contributed by atoms with E-state index in [1.165, 1.54) is 20.3 Å². The van der Waals surface area contributed by atoms with Crippen molar-refractivity contribution >= 4 is 46.0 Å². The third kappa shape index (κ3) is 5.82. The molecule has 0 radical (unpaired) electrons. The molecule has 10 heteroatoms. The van der Waals surface area contributed by atoms with Gasteiger partial charge in [-0.1, -0.05) is 65.6 Å². The third-order valence-corrected chi connectivity index (χ3v) is 7.36.